The zero-order chi connectivity index (χ0) is 12.1. The maximum absolute atomic E-state index is 11.7. The number of halogens is 3. The van der Waals surface area contributed by atoms with Gasteiger partial charge in [-0.3, -0.25) is 4.79 Å². The second kappa shape index (κ2) is 5.54. The van der Waals surface area contributed by atoms with Gasteiger partial charge < -0.3 is 15.5 Å². The van der Waals surface area contributed by atoms with Crippen molar-refractivity contribution in [3.8, 4) is 0 Å². The van der Waals surface area contributed by atoms with Crippen LogP contribution in [0.15, 0.2) is 0 Å². The molecule has 0 aliphatic rings. The molecule has 0 saturated heterocycles. The molecule has 0 aromatic carbocycles. The van der Waals surface area contributed by atoms with E-state index in [2.05, 4.69) is 0 Å². The molecule has 0 aliphatic carbocycles. The molecule has 88 valence electrons. The fraction of sp³-hybridized carbons (Fsp3) is 0.714. The molecule has 0 aromatic rings. The van der Waals surface area contributed by atoms with E-state index in [1.165, 1.54) is 0 Å². The Kier molecular flexibility index (Phi) is 5.06. The normalized spacial score (nSPS) is 13.3. The Morgan fingerprint density at radius 3 is 2.20 bits per heavy atom. The Morgan fingerprint density at radius 1 is 1.33 bits per heavy atom. The van der Waals surface area contributed by atoms with Crippen LogP contribution in [0.4, 0.5) is 13.2 Å². The molecule has 1 atom stereocenters. The summed E-state index contributed by atoms with van der Waals surface area (Å²) in [4.78, 5) is 21.1. The van der Waals surface area contributed by atoms with Gasteiger partial charge in [-0.05, 0) is 0 Å². The lowest BCUT2D eigenvalue weighted by Gasteiger charge is -2.13. The highest BCUT2D eigenvalue weighted by atomic mass is 19.4. The van der Waals surface area contributed by atoms with Crippen LogP contribution in [0.25, 0.3) is 0 Å². The number of hydrogen-bond acceptors (Lipinski definition) is 3. The van der Waals surface area contributed by atoms with Gasteiger partial charge in [0.1, 0.15) is 12.5 Å². The van der Waals surface area contributed by atoms with E-state index in [0.29, 0.717) is 0 Å². The second-order valence-corrected chi connectivity index (χ2v) is 2.76. The van der Waals surface area contributed by atoms with Crippen LogP contribution in [-0.2, 0) is 9.59 Å². The first kappa shape index (κ1) is 13.7. The fourth-order valence-corrected chi connectivity index (χ4v) is 0.814. The van der Waals surface area contributed by atoms with Crippen LogP contribution in [0.2, 0.25) is 0 Å². The van der Waals surface area contributed by atoms with Gasteiger partial charge in [0.15, 0.2) is 0 Å². The van der Waals surface area contributed by atoms with Gasteiger partial charge in [-0.15, -0.1) is 0 Å². The van der Waals surface area contributed by atoms with Crippen molar-refractivity contribution in [3.63, 3.8) is 0 Å². The van der Waals surface area contributed by atoms with E-state index in [9.17, 15) is 22.8 Å². The summed E-state index contributed by atoms with van der Waals surface area (Å²) in [6.07, 6.45) is -6.74. The molecule has 0 radical (unpaired) electrons. The lowest BCUT2D eigenvalue weighted by atomic mass is 10.2. The average molecular weight is 229 g/mol. The molecule has 1 amide bonds. The van der Waals surface area contributed by atoms with Crippen molar-refractivity contribution in [1.82, 2.24) is 5.32 Å². The van der Waals surface area contributed by atoms with Crippen LogP contribution in [0.1, 0.15) is 12.8 Å². The van der Waals surface area contributed by atoms with Crippen molar-refractivity contribution in [2.24, 2.45) is 0 Å². The number of rotatable bonds is 5. The summed E-state index contributed by atoms with van der Waals surface area (Å²) in [7, 11) is 0. The minimum absolute atomic E-state index is 0.334. The quantitative estimate of drug-likeness (QED) is 0.614. The Morgan fingerprint density at radius 2 is 1.87 bits per heavy atom. The van der Waals surface area contributed by atoms with Gasteiger partial charge in [-0.2, -0.15) is 13.2 Å². The molecule has 15 heavy (non-hydrogen) atoms. The van der Waals surface area contributed by atoms with Gasteiger partial charge in [0.05, 0.1) is 0 Å². The van der Waals surface area contributed by atoms with Crippen molar-refractivity contribution >= 4 is 11.9 Å². The zero-order valence-electron chi connectivity index (χ0n) is 7.54. The largest absolute Gasteiger partial charge is 0.480 e. The molecule has 0 unspecified atom stereocenters. The number of aliphatic carboxylic acids is 1. The number of carbonyl (C=O) groups is 2. The Bertz CT molecular complexity index is 241. The van der Waals surface area contributed by atoms with Crippen LogP contribution < -0.4 is 5.32 Å². The van der Waals surface area contributed by atoms with Gasteiger partial charge in [-0.1, -0.05) is 0 Å². The molecule has 3 N–H and O–H groups in total. The molecule has 0 saturated carbocycles. The number of carboxylic acid groups (broad SMARTS) is 1. The number of nitrogens with one attached hydrogen (secondary N) is 1. The number of amides is 1. The number of aliphatic hydroxyl groups is 1. The highest BCUT2D eigenvalue weighted by Crippen LogP contribution is 2.19. The smallest absolute Gasteiger partial charge is 0.397 e. The van der Waals surface area contributed by atoms with E-state index < -0.39 is 37.1 Å². The summed E-state index contributed by atoms with van der Waals surface area (Å²) in [6.45, 7) is -0.538. The van der Waals surface area contributed by atoms with Crippen LogP contribution >= 0.6 is 0 Å². The van der Waals surface area contributed by atoms with Gasteiger partial charge in [0.2, 0.25) is 5.91 Å². The minimum Gasteiger partial charge on any atom is -0.480 e. The van der Waals surface area contributed by atoms with E-state index >= 15 is 0 Å². The zero-order valence-corrected chi connectivity index (χ0v) is 7.54. The Balaban J connectivity index is 4.18. The number of hydrogen-bond donors (Lipinski definition) is 3. The number of aliphatic hydroxyl groups excluding tert-OH is 1. The first-order valence-electron chi connectivity index (χ1n) is 3.96. The molecule has 0 bridgehead atoms. The number of carboxylic acids is 1. The van der Waals surface area contributed by atoms with Crippen molar-refractivity contribution in [1.29, 1.82) is 0 Å². The maximum atomic E-state index is 11.7. The predicted molar refractivity (Wildman–Crippen MR) is 41.9 cm³/mol. The maximum Gasteiger partial charge on any atom is 0.397 e. The molecule has 0 aliphatic heterocycles. The monoisotopic (exact) mass is 229 g/mol. The number of carbonyl (C=O) groups excluding carboxylic acids is 1. The third kappa shape index (κ3) is 6.72. The van der Waals surface area contributed by atoms with Crippen LogP contribution in [0, 0.1) is 0 Å². The minimum atomic E-state index is -4.67. The van der Waals surface area contributed by atoms with Crippen molar-refractivity contribution in [2.45, 2.75) is 25.1 Å². The van der Waals surface area contributed by atoms with Crippen molar-refractivity contribution in [2.75, 3.05) is 6.61 Å². The first-order valence-corrected chi connectivity index (χ1v) is 3.96. The first-order chi connectivity index (χ1) is 6.76. The lowest BCUT2D eigenvalue weighted by molar-refractivity contribution is -0.157. The van der Waals surface area contributed by atoms with Gasteiger partial charge in [0.25, 0.3) is 0 Å². The predicted octanol–water partition coefficient (Wildman–Crippen LogP) is -0.109. The summed E-state index contributed by atoms with van der Waals surface area (Å²) in [5.41, 5.74) is 0. The molecular formula is C7H10F3NO4. The Hall–Kier alpha value is -1.31. The molecule has 0 heterocycles. The lowest BCUT2D eigenvalue weighted by Crippen LogP contribution is -2.42. The summed E-state index contributed by atoms with van der Waals surface area (Å²) < 4.78 is 35.1. The van der Waals surface area contributed by atoms with Gasteiger partial charge in [-0.25, -0.2) is 4.79 Å². The van der Waals surface area contributed by atoms with E-state index in [-0.39, 0.29) is 6.42 Å². The van der Waals surface area contributed by atoms with Crippen molar-refractivity contribution < 1.29 is 33.0 Å². The van der Waals surface area contributed by atoms with E-state index in [0.717, 1.165) is 0 Å². The second-order valence-electron chi connectivity index (χ2n) is 2.76. The average Bonchev–Trinajstić information content (AvgIpc) is 1.99. The summed E-state index contributed by atoms with van der Waals surface area (Å²) in [6, 6.07) is -1.50. The number of alkyl halides is 3. The molecule has 5 nitrogen and oxygen atoms in total. The van der Waals surface area contributed by atoms with Crippen molar-refractivity contribution in [3.05, 3.63) is 0 Å². The van der Waals surface area contributed by atoms with E-state index in [4.69, 9.17) is 10.2 Å². The Labute approximate surface area is 82.9 Å². The molecule has 8 heteroatoms. The molecule has 0 fully saturated rings. The highest BCUT2D eigenvalue weighted by molar-refractivity contribution is 5.83. The SMILES string of the molecule is O=C(CC(F)(F)F)N[C@H](CCO)C(=O)O. The summed E-state index contributed by atoms with van der Waals surface area (Å²) >= 11 is 0. The van der Waals surface area contributed by atoms with Crippen LogP contribution in [-0.4, -0.2) is 40.9 Å². The van der Waals surface area contributed by atoms with Crippen LogP contribution in [0.5, 0.6) is 0 Å². The topological polar surface area (TPSA) is 86.6 Å². The molecule has 0 rings (SSSR count). The third-order valence-electron chi connectivity index (χ3n) is 1.41. The third-order valence-corrected chi connectivity index (χ3v) is 1.41. The van der Waals surface area contributed by atoms with Gasteiger partial charge >= 0.3 is 12.1 Å². The molecule has 0 aromatic heterocycles. The summed E-state index contributed by atoms with van der Waals surface area (Å²) in [5, 5.41) is 18.5. The van der Waals surface area contributed by atoms with E-state index in [1.807, 2.05) is 0 Å². The van der Waals surface area contributed by atoms with Crippen LogP contribution in [0.3, 0.4) is 0 Å². The van der Waals surface area contributed by atoms with Gasteiger partial charge in [0, 0.05) is 13.0 Å². The standard InChI is InChI=1S/C7H10F3NO4/c8-7(9,10)3-5(13)11-4(1-2-12)6(14)15/h4,12H,1-3H2,(H,11,13)(H,14,15)/t4-/m1/s1. The molecular weight excluding hydrogens is 219 g/mol. The summed E-state index contributed by atoms with van der Waals surface area (Å²) in [5.74, 6) is -2.91. The molecule has 0 spiro atoms. The fourth-order valence-electron chi connectivity index (χ4n) is 0.814. The highest BCUT2D eigenvalue weighted by Gasteiger charge is 2.32. The van der Waals surface area contributed by atoms with E-state index in [1.54, 1.807) is 5.32 Å².